The van der Waals surface area contributed by atoms with Crippen LogP contribution in [0.2, 0.25) is 0 Å². The highest BCUT2D eigenvalue weighted by molar-refractivity contribution is 4.82. The molecule has 0 amide bonds. The van der Waals surface area contributed by atoms with Crippen LogP contribution in [0.5, 0.6) is 0 Å². The molecule has 0 aromatic rings. The first-order valence-corrected chi connectivity index (χ1v) is 4.62. The van der Waals surface area contributed by atoms with Crippen LogP contribution in [-0.2, 0) is 4.74 Å². The predicted octanol–water partition coefficient (Wildman–Crippen LogP) is 0.866. The van der Waals surface area contributed by atoms with Crippen molar-refractivity contribution in [2.75, 3.05) is 21.2 Å². The summed E-state index contributed by atoms with van der Waals surface area (Å²) < 4.78 is 5.44. The third-order valence-electron chi connectivity index (χ3n) is 2.70. The number of ether oxygens (including phenoxy) is 1. The van der Waals surface area contributed by atoms with E-state index in [0.717, 1.165) is 5.92 Å². The Morgan fingerprint density at radius 3 is 2.42 bits per heavy atom. The van der Waals surface area contributed by atoms with E-state index in [1.165, 1.54) is 12.8 Å². The maximum absolute atomic E-state index is 5.44. The summed E-state index contributed by atoms with van der Waals surface area (Å²) in [6, 6.07) is 0. The van der Waals surface area contributed by atoms with E-state index >= 15 is 0 Å². The van der Waals surface area contributed by atoms with Crippen LogP contribution in [0.15, 0.2) is 0 Å². The second-order valence-electron chi connectivity index (χ2n) is 3.59. The van der Waals surface area contributed by atoms with Gasteiger partial charge in [0.1, 0.15) is 6.23 Å². The molecule has 2 atom stereocenters. The SMILES string of the molecule is CNC(C)N(C)C(OC)C1CC1. The minimum absolute atomic E-state index is 0.299. The number of nitrogens with one attached hydrogen (secondary N) is 1. The quantitative estimate of drug-likeness (QED) is 0.623. The lowest BCUT2D eigenvalue weighted by Gasteiger charge is -2.31. The summed E-state index contributed by atoms with van der Waals surface area (Å²) in [4.78, 5) is 2.25. The largest absolute Gasteiger partial charge is 0.366 e. The van der Waals surface area contributed by atoms with Gasteiger partial charge in [0.15, 0.2) is 0 Å². The molecule has 0 spiro atoms. The van der Waals surface area contributed by atoms with Gasteiger partial charge in [-0.15, -0.1) is 0 Å². The van der Waals surface area contributed by atoms with Crippen LogP contribution in [-0.4, -0.2) is 38.5 Å². The summed E-state index contributed by atoms with van der Waals surface area (Å²) in [6.07, 6.45) is 3.32. The van der Waals surface area contributed by atoms with Gasteiger partial charge in [0.2, 0.25) is 0 Å². The Hall–Kier alpha value is -0.120. The number of nitrogens with zero attached hydrogens (tertiary/aromatic N) is 1. The fourth-order valence-electron chi connectivity index (χ4n) is 1.50. The van der Waals surface area contributed by atoms with Crippen LogP contribution in [0, 0.1) is 5.92 Å². The molecular weight excluding hydrogens is 152 g/mol. The van der Waals surface area contributed by atoms with E-state index in [2.05, 4.69) is 24.2 Å². The third kappa shape index (κ3) is 2.19. The first-order chi connectivity index (χ1) is 5.70. The van der Waals surface area contributed by atoms with Crippen LogP contribution in [0.3, 0.4) is 0 Å². The average molecular weight is 172 g/mol. The molecule has 3 heteroatoms. The number of methoxy groups -OCH3 is 1. The molecule has 1 aliphatic rings. The summed E-state index contributed by atoms with van der Waals surface area (Å²) in [5.41, 5.74) is 0. The molecule has 0 radical (unpaired) electrons. The molecule has 2 unspecified atom stereocenters. The molecule has 0 saturated heterocycles. The topological polar surface area (TPSA) is 24.5 Å². The molecule has 0 aromatic heterocycles. The second-order valence-corrected chi connectivity index (χ2v) is 3.59. The van der Waals surface area contributed by atoms with Crippen molar-refractivity contribution >= 4 is 0 Å². The van der Waals surface area contributed by atoms with Gasteiger partial charge in [0.05, 0.1) is 6.17 Å². The Labute approximate surface area is 75.1 Å². The Balaban J connectivity index is 2.40. The standard InChI is InChI=1S/C9H20N2O/c1-7(10-2)11(3)9(12-4)8-5-6-8/h7-10H,5-6H2,1-4H3. The van der Waals surface area contributed by atoms with Gasteiger partial charge in [-0.1, -0.05) is 0 Å². The number of hydrogen-bond acceptors (Lipinski definition) is 3. The summed E-state index contributed by atoms with van der Waals surface area (Å²) in [5, 5.41) is 3.21. The van der Waals surface area contributed by atoms with Gasteiger partial charge < -0.3 is 10.1 Å². The lowest BCUT2D eigenvalue weighted by atomic mass is 10.3. The van der Waals surface area contributed by atoms with E-state index in [4.69, 9.17) is 4.74 Å². The fourth-order valence-corrected chi connectivity index (χ4v) is 1.50. The molecular formula is C9H20N2O. The minimum Gasteiger partial charge on any atom is -0.366 e. The zero-order chi connectivity index (χ0) is 9.14. The van der Waals surface area contributed by atoms with Crippen molar-refractivity contribution in [2.45, 2.75) is 32.2 Å². The summed E-state index contributed by atoms with van der Waals surface area (Å²) in [5.74, 6) is 0.760. The number of hydrogen-bond donors (Lipinski definition) is 1. The summed E-state index contributed by atoms with van der Waals surface area (Å²) >= 11 is 0. The molecule has 1 saturated carbocycles. The molecule has 1 rings (SSSR count). The van der Waals surface area contributed by atoms with Crippen molar-refractivity contribution < 1.29 is 4.74 Å². The van der Waals surface area contributed by atoms with Gasteiger partial charge in [-0.3, -0.25) is 4.90 Å². The van der Waals surface area contributed by atoms with Crippen molar-refractivity contribution in [3.8, 4) is 0 Å². The Bertz CT molecular complexity index is 136. The van der Waals surface area contributed by atoms with Crippen molar-refractivity contribution in [3.05, 3.63) is 0 Å². The normalized spacial score (nSPS) is 22.8. The van der Waals surface area contributed by atoms with Gasteiger partial charge >= 0.3 is 0 Å². The van der Waals surface area contributed by atoms with Crippen LogP contribution in [0.4, 0.5) is 0 Å². The second kappa shape index (κ2) is 4.21. The fraction of sp³-hybridized carbons (Fsp3) is 1.00. The van der Waals surface area contributed by atoms with Crippen molar-refractivity contribution in [2.24, 2.45) is 5.92 Å². The molecule has 1 aliphatic carbocycles. The molecule has 12 heavy (non-hydrogen) atoms. The smallest absolute Gasteiger partial charge is 0.114 e. The van der Waals surface area contributed by atoms with Gasteiger partial charge in [0, 0.05) is 7.11 Å². The number of rotatable bonds is 5. The first kappa shape index (κ1) is 9.96. The van der Waals surface area contributed by atoms with Crippen molar-refractivity contribution in [1.29, 1.82) is 0 Å². The Morgan fingerprint density at radius 2 is 2.08 bits per heavy atom. The lowest BCUT2D eigenvalue weighted by Crippen LogP contribution is -2.47. The lowest BCUT2D eigenvalue weighted by molar-refractivity contribution is -0.0557. The molecule has 1 fully saturated rings. The predicted molar refractivity (Wildman–Crippen MR) is 49.8 cm³/mol. The highest BCUT2D eigenvalue weighted by atomic mass is 16.5. The van der Waals surface area contributed by atoms with E-state index in [0.29, 0.717) is 12.4 Å². The molecule has 0 heterocycles. The molecule has 0 aliphatic heterocycles. The molecule has 3 nitrogen and oxygen atoms in total. The van der Waals surface area contributed by atoms with E-state index < -0.39 is 0 Å². The zero-order valence-corrected chi connectivity index (χ0v) is 8.50. The molecule has 1 N–H and O–H groups in total. The van der Waals surface area contributed by atoms with Gasteiger partial charge in [0.25, 0.3) is 0 Å². The average Bonchev–Trinajstić information content (AvgIpc) is 2.88. The van der Waals surface area contributed by atoms with Gasteiger partial charge in [-0.2, -0.15) is 0 Å². The van der Waals surface area contributed by atoms with E-state index in [1.54, 1.807) is 7.11 Å². The van der Waals surface area contributed by atoms with E-state index in [1.807, 2.05) is 7.05 Å². The highest BCUT2D eigenvalue weighted by Crippen LogP contribution is 2.35. The van der Waals surface area contributed by atoms with Crippen LogP contribution < -0.4 is 5.32 Å². The maximum Gasteiger partial charge on any atom is 0.114 e. The van der Waals surface area contributed by atoms with Crippen LogP contribution >= 0.6 is 0 Å². The van der Waals surface area contributed by atoms with Crippen molar-refractivity contribution in [1.82, 2.24) is 10.2 Å². The highest BCUT2D eigenvalue weighted by Gasteiger charge is 2.35. The van der Waals surface area contributed by atoms with E-state index in [9.17, 15) is 0 Å². The monoisotopic (exact) mass is 172 g/mol. The van der Waals surface area contributed by atoms with Gasteiger partial charge in [-0.25, -0.2) is 0 Å². The minimum atomic E-state index is 0.299. The molecule has 0 bridgehead atoms. The first-order valence-electron chi connectivity index (χ1n) is 4.62. The Kier molecular flexibility index (Phi) is 3.50. The zero-order valence-electron chi connectivity index (χ0n) is 8.50. The Morgan fingerprint density at radius 1 is 1.50 bits per heavy atom. The summed E-state index contributed by atoms with van der Waals surface area (Å²) in [6.45, 7) is 2.15. The van der Waals surface area contributed by atoms with Crippen LogP contribution in [0.1, 0.15) is 19.8 Å². The maximum atomic E-state index is 5.44. The summed E-state index contributed by atoms with van der Waals surface area (Å²) in [7, 11) is 5.87. The van der Waals surface area contributed by atoms with E-state index in [-0.39, 0.29) is 0 Å². The van der Waals surface area contributed by atoms with Crippen molar-refractivity contribution in [3.63, 3.8) is 0 Å². The molecule has 72 valence electrons. The van der Waals surface area contributed by atoms with Crippen LogP contribution in [0.25, 0.3) is 0 Å². The third-order valence-corrected chi connectivity index (χ3v) is 2.70. The van der Waals surface area contributed by atoms with Gasteiger partial charge in [-0.05, 0) is 39.8 Å². The molecule has 0 aromatic carbocycles.